The molecule has 2 atom stereocenters. The molecule has 0 fully saturated rings. The largest absolute Gasteiger partial charge is 0.362 e. The lowest BCUT2D eigenvalue weighted by atomic mass is 10.0. The van der Waals surface area contributed by atoms with Crippen molar-refractivity contribution in [2.75, 3.05) is 6.61 Å². The number of benzene rings is 1. The monoisotopic (exact) mass is 610 g/mol. The fourth-order valence-corrected chi connectivity index (χ4v) is 5.04. The van der Waals surface area contributed by atoms with Gasteiger partial charge in [0.1, 0.15) is 5.01 Å². The molecular weight excluding hydrogens is 596 g/mol. The minimum Gasteiger partial charge on any atom is -0.362 e. The van der Waals surface area contributed by atoms with Crippen molar-refractivity contribution < 1.29 is 4.74 Å². The Labute approximate surface area is 169 Å². The Morgan fingerprint density at radius 1 is 1.05 bits per heavy atom. The van der Waals surface area contributed by atoms with Gasteiger partial charge in [-0.3, -0.25) is 0 Å². The maximum atomic E-state index is 6.04. The first-order valence-corrected chi connectivity index (χ1v) is 11.1. The number of ether oxygens (including phenoxy) is 1. The molecule has 0 aliphatic carbocycles. The van der Waals surface area contributed by atoms with Gasteiger partial charge in [0, 0.05) is 23.5 Å². The number of alkyl halides is 1. The minimum absolute atomic E-state index is 0.122. The molecule has 120 valence electrons. The standard InChI is InChI=1S/C15H19Br5O/c1-3-5-6-9(4-2)8-21-15(20)10-7-11(16)13(18)14(19)12(10)17/h7,9,15H,3-6,8H2,1-2H3. The van der Waals surface area contributed by atoms with Crippen molar-refractivity contribution >= 4 is 79.6 Å². The Kier molecular flexibility index (Phi) is 10.3. The molecule has 2 unspecified atom stereocenters. The first-order valence-electron chi connectivity index (χ1n) is 7.00. The highest BCUT2D eigenvalue weighted by atomic mass is 79.9. The van der Waals surface area contributed by atoms with E-state index in [1.165, 1.54) is 19.3 Å². The molecule has 1 nitrogen and oxygen atoms in total. The van der Waals surface area contributed by atoms with Gasteiger partial charge in [0.15, 0.2) is 0 Å². The quantitative estimate of drug-likeness (QED) is 0.162. The molecule has 0 saturated carbocycles. The third-order valence-corrected chi connectivity index (χ3v) is 8.85. The van der Waals surface area contributed by atoms with E-state index in [0.29, 0.717) is 5.92 Å². The van der Waals surface area contributed by atoms with Crippen LogP contribution in [-0.4, -0.2) is 6.61 Å². The van der Waals surface area contributed by atoms with E-state index < -0.39 is 0 Å². The molecule has 0 saturated heterocycles. The lowest BCUT2D eigenvalue weighted by Crippen LogP contribution is -2.10. The summed E-state index contributed by atoms with van der Waals surface area (Å²) in [7, 11) is 0. The van der Waals surface area contributed by atoms with Crippen LogP contribution in [0, 0.1) is 5.92 Å². The summed E-state index contributed by atoms with van der Waals surface area (Å²) in [6, 6.07) is 2.06. The van der Waals surface area contributed by atoms with Crippen molar-refractivity contribution in [2.24, 2.45) is 5.92 Å². The molecule has 0 aliphatic heterocycles. The molecule has 0 spiro atoms. The van der Waals surface area contributed by atoms with E-state index in [1.54, 1.807) is 0 Å². The van der Waals surface area contributed by atoms with Crippen LogP contribution >= 0.6 is 79.6 Å². The number of rotatable bonds is 8. The average molecular weight is 615 g/mol. The van der Waals surface area contributed by atoms with Crippen LogP contribution in [0.1, 0.15) is 50.1 Å². The van der Waals surface area contributed by atoms with Crippen LogP contribution in [0.2, 0.25) is 0 Å². The highest BCUT2D eigenvalue weighted by Crippen LogP contribution is 2.43. The summed E-state index contributed by atoms with van der Waals surface area (Å²) in [5.74, 6) is 0.631. The van der Waals surface area contributed by atoms with E-state index in [-0.39, 0.29) is 5.01 Å². The van der Waals surface area contributed by atoms with Crippen LogP contribution < -0.4 is 0 Å². The number of unbranched alkanes of at least 4 members (excludes halogenated alkanes) is 1. The molecule has 1 aromatic rings. The molecule has 0 aliphatic rings. The van der Waals surface area contributed by atoms with E-state index in [1.807, 2.05) is 0 Å². The molecule has 0 N–H and O–H groups in total. The topological polar surface area (TPSA) is 9.23 Å². The van der Waals surface area contributed by atoms with Gasteiger partial charge in [0.25, 0.3) is 0 Å². The van der Waals surface area contributed by atoms with Crippen molar-refractivity contribution in [3.05, 3.63) is 29.5 Å². The third-order valence-electron chi connectivity index (χ3n) is 3.40. The maximum Gasteiger partial charge on any atom is 0.138 e. The summed E-state index contributed by atoms with van der Waals surface area (Å²) in [6.45, 7) is 5.24. The molecule has 0 amide bonds. The second kappa shape index (κ2) is 10.4. The Morgan fingerprint density at radius 2 is 1.71 bits per heavy atom. The van der Waals surface area contributed by atoms with Gasteiger partial charge in [-0.15, -0.1) is 0 Å². The molecule has 1 aromatic carbocycles. The van der Waals surface area contributed by atoms with Crippen LogP contribution in [0.15, 0.2) is 24.0 Å². The summed E-state index contributed by atoms with van der Waals surface area (Å²) in [5, 5.41) is -0.122. The molecule has 0 bridgehead atoms. The fraction of sp³-hybridized carbons (Fsp3) is 0.600. The minimum atomic E-state index is -0.122. The van der Waals surface area contributed by atoms with Gasteiger partial charge >= 0.3 is 0 Å². The molecule has 0 aromatic heterocycles. The van der Waals surface area contributed by atoms with Crippen LogP contribution in [0.5, 0.6) is 0 Å². The Morgan fingerprint density at radius 3 is 2.29 bits per heavy atom. The van der Waals surface area contributed by atoms with Gasteiger partial charge in [-0.05, 0) is 82.1 Å². The highest BCUT2D eigenvalue weighted by Gasteiger charge is 2.19. The summed E-state index contributed by atoms with van der Waals surface area (Å²) in [4.78, 5) is 0. The lowest BCUT2D eigenvalue weighted by molar-refractivity contribution is 0.0791. The van der Waals surface area contributed by atoms with Gasteiger partial charge in [-0.2, -0.15) is 0 Å². The van der Waals surface area contributed by atoms with Crippen molar-refractivity contribution in [3.8, 4) is 0 Å². The second-order valence-electron chi connectivity index (χ2n) is 4.96. The van der Waals surface area contributed by atoms with E-state index in [9.17, 15) is 0 Å². The van der Waals surface area contributed by atoms with Crippen LogP contribution in [0.25, 0.3) is 0 Å². The van der Waals surface area contributed by atoms with E-state index >= 15 is 0 Å². The number of hydrogen-bond acceptors (Lipinski definition) is 1. The zero-order valence-corrected chi connectivity index (χ0v) is 20.0. The molecule has 0 heterocycles. The van der Waals surface area contributed by atoms with Gasteiger partial charge in [0.2, 0.25) is 0 Å². The van der Waals surface area contributed by atoms with E-state index in [4.69, 9.17) is 4.74 Å². The third kappa shape index (κ3) is 6.18. The molecular formula is C15H19Br5O. The van der Waals surface area contributed by atoms with Gasteiger partial charge < -0.3 is 4.74 Å². The smallest absolute Gasteiger partial charge is 0.138 e. The predicted molar refractivity (Wildman–Crippen MR) is 108 cm³/mol. The van der Waals surface area contributed by atoms with Gasteiger partial charge in [-0.25, -0.2) is 0 Å². The zero-order valence-electron chi connectivity index (χ0n) is 12.1. The Bertz CT molecular complexity index is 464. The van der Waals surface area contributed by atoms with Crippen molar-refractivity contribution in [2.45, 2.75) is 44.5 Å². The summed E-state index contributed by atoms with van der Waals surface area (Å²) in [6.07, 6.45) is 4.91. The van der Waals surface area contributed by atoms with E-state index in [0.717, 1.165) is 36.5 Å². The Hall–Kier alpha value is 1.58. The van der Waals surface area contributed by atoms with Gasteiger partial charge in [-0.1, -0.05) is 49.0 Å². The van der Waals surface area contributed by atoms with Crippen molar-refractivity contribution in [1.29, 1.82) is 0 Å². The first-order chi connectivity index (χ1) is 9.92. The van der Waals surface area contributed by atoms with Gasteiger partial charge in [0.05, 0.1) is 6.61 Å². The zero-order chi connectivity index (χ0) is 16.0. The summed E-state index contributed by atoms with van der Waals surface area (Å²) < 4.78 is 10.0. The highest BCUT2D eigenvalue weighted by molar-refractivity contribution is 9.15. The molecule has 6 heteroatoms. The first kappa shape index (κ1) is 20.6. The van der Waals surface area contributed by atoms with Crippen LogP contribution in [0.3, 0.4) is 0 Å². The molecule has 21 heavy (non-hydrogen) atoms. The van der Waals surface area contributed by atoms with Crippen LogP contribution in [0.4, 0.5) is 0 Å². The van der Waals surface area contributed by atoms with Crippen molar-refractivity contribution in [1.82, 2.24) is 0 Å². The second-order valence-corrected chi connectivity index (χ2v) is 9.02. The van der Waals surface area contributed by atoms with Crippen LogP contribution in [-0.2, 0) is 4.74 Å². The summed E-state index contributed by atoms with van der Waals surface area (Å²) >= 11 is 17.9. The predicted octanol–water partition coefficient (Wildman–Crippen LogP) is 8.36. The lowest BCUT2D eigenvalue weighted by Gasteiger charge is -2.20. The Balaban J connectivity index is 2.74. The molecule has 1 rings (SSSR count). The number of hydrogen-bond donors (Lipinski definition) is 0. The average Bonchev–Trinajstić information content (AvgIpc) is 2.48. The summed E-state index contributed by atoms with van der Waals surface area (Å²) in [5.41, 5.74) is 1.07. The SMILES string of the molecule is CCCCC(CC)COC(Br)c1cc(Br)c(Br)c(Br)c1Br. The number of halogens is 5. The molecule has 0 radical (unpaired) electrons. The van der Waals surface area contributed by atoms with E-state index in [2.05, 4.69) is 99.6 Å². The fourth-order valence-electron chi connectivity index (χ4n) is 1.96. The normalized spacial score (nSPS) is 14.2. The maximum absolute atomic E-state index is 6.04. The van der Waals surface area contributed by atoms with Crippen molar-refractivity contribution in [3.63, 3.8) is 0 Å².